The Morgan fingerprint density at radius 2 is 2.19 bits per heavy atom. The normalized spacial score (nSPS) is 27.1. The summed E-state index contributed by atoms with van der Waals surface area (Å²) in [5.41, 5.74) is 1.17. The van der Waals surface area contributed by atoms with Crippen LogP contribution in [0, 0.1) is 5.82 Å². The van der Waals surface area contributed by atoms with Crippen LogP contribution in [-0.4, -0.2) is 36.3 Å². The van der Waals surface area contributed by atoms with Gasteiger partial charge >= 0.3 is 0 Å². The minimum absolute atomic E-state index is 0.110. The van der Waals surface area contributed by atoms with Gasteiger partial charge in [-0.05, 0) is 74.8 Å². The molecule has 2 unspecified atom stereocenters. The summed E-state index contributed by atoms with van der Waals surface area (Å²) in [6.07, 6.45) is 4.82. The van der Waals surface area contributed by atoms with Crippen LogP contribution in [0.3, 0.4) is 0 Å². The molecule has 0 saturated carbocycles. The third-order valence-electron chi connectivity index (χ3n) is 4.72. The van der Waals surface area contributed by atoms with E-state index in [0.29, 0.717) is 12.1 Å². The molecule has 4 heteroatoms. The van der Waals surface area contributed by atoms with Crippen molar-refractivity contribution in [2.75, 3.05) is 25.4 Å². The lowest BCUT2D eigenvalue weighted by molar-refractivity contribution is 0.294. The van der Waals surface area contributed by atoms with Crippen molar-refractivity contribution in [2.45, 2.75) is 49.6 Å². The standard InChI is InChI=1S/C17H25FN2S/c1-2-20-9-3-4-14(7-10-20)19-16-8-11-21-17-6-5-13(18)12-15(16)17/h5-6,12,14,16,19H,2-4,7-11H2,1H3. The van der Waals surface area contributed by atoms with E-state index in [4.69, 9.17) is 0 Å². The number of nitrogens with one attached hydrogen (secondary N) is 1. The van der Waals surface area contributed by atoms with E-state index in [9.17, 15) is 4.39 Å². The van der Waals surface area contributed by atoms with Crippen LogP contribution in [-0.2, 0) is 0 Å². The Morgan fingerprint density at radius 1 is 1.29 bits per heavy atom. The molecule has 0 spiro atoms. The molecule has 2 nitrogen and oxygen atoms in total. The molecule has 0 amide bonds. The van der Waals surface area contributed by atoms with E-state index in [1.807, 2.05) is 17.8 Å². The number of likely N-dealkylation sites (tertiary alicyclic amines) is 1. The van der Waals surface area contributed by atoms with Crippen LogP contribution in [0.2, 0.25) is 0 Å². The first kappa shape index (κ1) is 15.3. The van der Waals surface area contributed by atoms with E-state index in [1.54, 1.807) is 12.1 Å². The van der Waals surface area contributed by atoms with Crippen molar-refractivity contribution in [3.63, 3.8) is 0 Å². The predicted octanol–water partition coefficient (Wildman–Crippen LogP) is 3.83. The highest BCUT2D eigenvalue weighted by molar-refractivity contribution is 7.99. The van der Waals surface area contributed by atoms with Gasteiger partial charge in [-0.3, -0.25) is 0 Å². The average Bonchev–Trinajstić information content (AvgIpc) is 2.73. The van der Waals surface area contributed by atoms with Crippen LogP contribution in [0.5, 0.6) is 0 Å². The Labute approximate surface area is 131 Å². The van der Waals surface area contributed by atoms with Gasteiger partial charge < -0.3 is 10.2 Å². The molecule has 3 rings (SSSR count). The molecule has 2 heterocycles. The van der Waals surface area contributed by atoms with Gasteiger partial charge in [-0.1, -0.05) is 6.92 Å². The van der Waals surface area contributed by atoms with E-state index in [0.717, 1.165) is 18.7 Å². The van der Waals surface area contributed by atoms with Crippen molar-refractivity contribution in [3.8, 4) is 0 Å². The van der Waals surface area contributed by atoms with Gasteiger partial charge in [0, 0.05) is 17.0 Å². The van der Waals surface area contributed by atoms with Gasteiger partial charge in [0.2, 0.25) is 0 Å². The summed E-state index contributed by atoms with van der Waals surface area (Å²) in [4.78, 5) is 3.79. The highest BCUT2D eigenvalue weighted by Gasteiger charge is 2.25. The van der Waals surface area contributed by atoms with Crippen LogP contribution < -0.4 is 5.32 Å². The lowest BCUT2D eigenvalue weighted by Gasteiger charge is -2.30. The fraction of sp³-hybridized carbons (Fsp3) is 0.647. The Kier molecular flexibility index (Phi) is 5.19. The molecule has 0 radical (unpaired) electrons. The largest absolute Gasteiger partial charge is 0.307 e. The molecular weight excluding hydrogens is 283 g/mol. The van der Waals surface area contributed by atoms with E-state index >= 15 is 0 Å². The predicted molar refractivity (Wildman–Crippen MR) is 87.4 cm³/mol. The summed E-state index contributed by atoms with van der Waals surface area (Å²) in [5, 5.41) is 3.82. The van der Waals surface area contributed by atoms with Gasteiger partial charge in [0.1, 0.15) is 5.82 Å². The molecular formula is C17H25FN2S. The van der Waals surface area contributed by atoms with Crippen LogP contribution in [0.15, 0.2) is 23.1 Å². The molecule has 2 atom stereocenters. The number of hydrogen-bond acceptors (Lipinski definition) is 3. The van der Waals surface area contributed by atoms with E-state index < -0.39 is 0 Å². The second-order valence-corrected chi connectivity index (χ2v) is 7.24. The third-order valence-corrected chi connectivity index (χ3v) is 5.84. The van der Waals surface area contributed by atoms with Crippen molar-refractivity contribution in [2.24, 2.45) is 0 Å². The fourth-order valence-electron chi connectivity index (χ4n) is 3.46. The van der Waals surface area contributed by atoms with Crippen LogP contribution in [0.25, 0.3) is 0 Å². The number of benzene rings is 1. The van der Waals surface area contributed by atoms with Gasteiger partial charge in [0.25, 0.3) is 0 Å². The maximum absolute atomic E-state index is 13.6. The monoisotopic (exact) mass is 308 g/mol. The minimum atomic E-state index is -0.110. The summed E-state index contributed by atoms with van der Waals surface area (Å²) in [6, 6.07) is 6.16. The Morgan fingerprint density at radius 3 is 3.05 bits per heavy atom. The number of rotatable bonds is 3. The maximum Gasteiger partial charge on any atom is 0.123 e. The van der Waals surface area contributed by atoms with E-state index in [1.165, 1.54) is 42.8 Å². The molecule has 2 aliphatic rings. The first-order chi connectivity index (χ1) is 10.3. The minimum Gasteiger partial charge on any atom is -0.307 e. The molecule has 116 valence electrons. The average molecular weight is 308 g/mol. The van der Waals surface area contributed by atoms with Gasteiger partial charge in [-0.2, -0.15) is 0 Å². The van der Waals surface area contributed by atoms with Gasteiger partial charge in [-0.25, -0.2) is 4.39 Å². The smallest absolute Gasteiger partial charge is 0.123 e. The number of hydrogen-bond donors (Lipinski definition) is 1. The van der Waals surface area contributed by atoms with Crippen LogP contribution in [0.1, 0.15) is 44.2 Å². The number of nitrogens with zero attached hydrogens (tertiary/aromatic N) is 1. The first-order valence-corrected chi connectivity index (χ1v) is 9.15. The Balaban J connectivity index is 1.67. The lowest BCUT2D eigenvalue weighted by Crippen LogP contribution is -2.35. The van der Waals surface area contributed by atoms with Crippen LogP contribution >= 0.6 is 11.8 Å². The summed E-state index contributed by atoms with van der Waals surface area (Å²) in [5.74, 6) is 1.02. The van der Waals surface area contributed by atoms with Gasteiger partial charge in [-0.15, -0.1) is 11.8 Å². The summed E-state index contributed by atoms with van der Waals surface area (Å²) >= 11 is 1.86. The quantitative estimate of drug-likeness (QED) is 0.913. The molecule has 1 saturated heterocycles. The van der Waals surface area contributed by atoms with Crippen molar-refractivity contribution in [3.05, 3.63) is 29.6 Å². The second kappa shape index (κ2) is 7.12. The maximum atomic E-state index is 13.6. The third kappa shape index (κ3) is 3.79. The highest BCUT2D eigenvalue weighted by atomic mass is 32.2. The van der Waals surface area contributed by atoms with Gasteiger partial charge in [0.05, 0.1) is 0 Å². The van der Waals surface area contributed by atoms with Crippen molar-refractivity contribution >= 4 is 11.8 Å². The molecule has 1 fully saturated rings. The van der Waals surface area contributed by atoms with Gasteiger partial charge in [0.15, 0.2) is 0 Å². The van der Waals surface area contributed by atoms with Crippen molar-refractivity contribution < 1.29 is 4.39 Å². The number of halogens is 1. The number of thioether (sulfide) groups is 1. The van der Waals surface area contributed by atoms with E-state index in [-0.39, 0.29) is 5.82 Å². The zero-order chi connectivity index (χ0) is 14.7. The summed E-state index contributed by atoms with van der Waals surface area (Å²) in [6.45, 7) is 5.80. The highest BCUT2D eigenvalue weighted by Crippen LogP contribution is 2.37. The zero-order valence-electron chi connectivity index (χ0n) is 12.8. The van der Waals surface area contributed by atoms with E-state index in [2.05, 4.69) is 17.1 Å². The Bertz CT molecular complexity index is 480. The Hall–Kier alpha value is -0.580. The van der Waals surface area contributed by atoms with Crippen LogP contribution in [0.4, 0.5) is 4.39 Å². The zero-order valence-corrected chi connectivity index (χ0v) is 13.6. The molecule has 0 aliphatic carbocycles. The molecule has 1 N–H and O–H groups in total. The fourth-order valence-corrected chi connectivity index (χ4v) is 4.57. The molecule has 1 aromatic rings. The molecule has 1 aromatic carbocycles. The first-order valence-electron chi connectivity index (χ1n) is 8.17. The number of fused-ring (bicyclic) bond motifs is 1. The summed E-state index contributed by atoms with van der Waals surface area (Å²) in [7, 11) is 0. The molecule has 0 bridgehead atoms. The molecule has 2 aliphatic heterocycles. The van der Waals surface area contributed by atoms with Crippen molar-refractivity contribution in [1.29, 1.82) is 0 Å². The topological polar surface area (TPSA) is 15.3 Å². The molecule has 0 aromatic heterocycles. The lowest BCUT2D eigenvalue weighted by atomic mass is 10.0. The second-order valence-electron chi connectivity index (χ2n) is 6.10. The SMILES string of the molecule is CCN1CCCC(NC2CCSc3ccc(F)cc32)CC1. The van der Waals surface area contributed by atoms with Crippen molar-refractivity contribution in [1.82, 2.24) is 10.2 Å². The molecule has 21 heavy (non-hydrogen) atoms. The summed E-state index contributed by atoms with van der Waals surface area (Å²) < 4.78 is 13.6.